The first kappa shape index (κ1) is 23.1. The van der Waals surface area contributed by atoms with Crippen molar-refractivity contribution in [2.45, 2.75) is 11.8 Å². The number of fused-ring (bicyclic) bond motifs is 1. The highest BCUT2D eigenvalue weighted by Gasteiger charge is 2.21. The van der Waals surface area contributed by atoms with E-state index in [4.69, 9.17) is 4.74 Å². The van der Waals surface area contributed by atoms with Crippen molar-refractivity contribution in [1.29, 1.82) is 0 Å². The summed E-state index contributed by atoms with van der Waals surface area (Å²) in [6.07, 6.45) is 0. The first-order chi connectivity index (χ1) is 16.2. The molecule has 3 aromatic carbocycles. The Bertz CT molecular complexity index is 1510. The Labute approximate surface area is 198 Å². The second kappa shape index (κ2) is 9.08. The Morgan fingerprint density at radius 2 is 1.82 bits per heavy atom. The zero-order chi connectivity index (χ0) is 24.5. The quantitative estimate of drug-likeness (QED) is 0.281. The van der Waals surface area contributed by atoms with Crippen LogP contribution >= 0.6 is 11.3 Å². The maximum Gasteiger partial charge on any atom is 0.274 e. The Kier molecular flexibility index (Phi) is 6.18. The van der Waals surface area contributed by atoms with Gasteiger partial charge < -0.3 is 4.74 Å². The van der Waals surface area contributed by atoms with Crippen LogP contribution in [-0.4, -0.2) is 31.3 Å². The zero-order valence-corrected chi connectivity index (χ0v) is 19.6. The minimum atomic E-state index is -3.92. The number of aryl methyl sites for hydroxylation is 1. The number of hydrogen-bond acceptors (Lipinski definition) is 8. The number of hydrogen-bond donors (Lipinski definition) is 2. The van der Waals surface area contributed by atoms with Crippen LogP contribution in [0.2, 0.25) is 0 Å². The van der Waals surface area contributed by atoms with E-state index in [-0.39, 0.29) is 32.7 Å². The van der Waals surface area contributed by atoms with E-state index in [9.17, 15) is 23.3 Å². The van der Waals surface area contributed by atoms with Crippen LogP contribution in [0.15, 0.2) is 65.6 Å². The van der Waals surface area contributed by atoms with Crippen LogP contribution in [0.4, 0.5) is 16.5 Å². The molecule has 0 radical (unpaired) electrons. The van der Waals surface area contributed by atoms with E-state index in [2.05, 4.69) is 15.0 Å². The van der Waals surface area contributed by atoms with Gasteiger partial charge >= 0.3 is 0 Å². The molecule has 4 aromatic rings. The molecule has 174 valence electrons. The highest BCUT2D eigenvalue weighted by molar-refractivity contribution is 7.92. The van der Waals surface area contributed by atoms with E-state index in [0.29, 0.717) is 10.2 Å². The molecule has 0 fully saturated rings. The number of nitrogens with zero attached hydrogens (tertiary/aromatic N) is 2. The summed E-state index contributed by atoms with van der Waals surface area (Å²) >= 11 is 1.03. The lowest BCUT2D eigenvalue weighted by atomic mass is 10.2. The van der Waals surface area contributed by atoms with Crippen molar-refractivity contribution in [2.75, 3.05) is 17.1 Å². The summed E-state index contributed by atoms with van der Waals surface area (Å²) < 4.78 is 33.7. The summed E-state index contributed by atoms with van der Waals surface area (Å²) in [5.74, 6) is -0.401. The molecule has 2 N–H and O–H groups in total. The number of nitrogens with one attached hydrogen (secondary N) is 2. The molecule has 12 heteroatoms. The van der Waals surface area contributed by atoms with Gasteiger partial charge in [-0.05, 0) is 31.2 Å². The summed E-state index contributed by atoms with van der Waals surface area (Å²) in [5, 5.41) is 14.0. The Hall–Kier alpha value is -4.03. The summed E-state index contributed by atoms with van der Waals surface area (Å²) in [6, 6.07) is 15.1. The lowest BCUT2D eigenvalue weighted by molar-refractivity contribution is -0.384. The van der Waals surface area contributed by atoms with Crippen LogP contribution in [0, 0.1) is 17.0 Å². The molecular formula is C22H18N4O6S2. The molecule has 0 spiro atoms. The van der Waals surface area contributed by atoms with E-state index in [1.807, 2.05) is 6.92 Å². The van der Waals surface area contributed by atoms with Crippen LogP contribution < -0.4 is 14.8 Å². The molecule has 0 saturated heterocycles. The molecule has 34 heavy (non-hydrogen) atoms. The highest BCUT2D eigenvalue weighted by atomic mass is 32.2. The zero-order valence-electron chi connectivity index (χ0n) is 17.9. The SMILES string of the molecule is COc1cc([N+](=O)[O-])cc2sc(NC(=O)c3ccccc3NS(=O)(=O)c3ccc(C)cc3)nc12. The van der Waals surface area contributed by atoms with Gasteiger partial charge in [0, 0.05) is 6.07 Å². The van der Waals surface area contributed by atoms with Gasteiger partial charge in [0.15, 0.2) is 10.9 Å². The number of ether oxygens (including phenoxy) is 1. The Balaban J connectivity index is 1.63. The van der Waals surface area contributed by atoms with Gasteiger partial charge in [-0.25, -0.2) is 13.4 Å². The fourth-order valence-electron chi connectivity index (χ4n) is 3.16. The summed E-state index contributed by atoms with van der Waals surface area (Å²) in [4.78, 5) is 28.0. The number of nitro groups is 1. The lowest BCUT2D eigenvalue weighted by Gasteiger charge is -2.12. The fraction of sp³-hybridized carbons (Fsp3) is 0.0909. The summed E-state index contributed by atoms with van der Waals surface area (Å²) in [6.45, 7) is 1.85. The maximum atomic E-state index is 13.0. The first-order valence-corrected chi connectivity index (χ1v) is 12.1. The first-order valence-electron chi connectivity index (χ1n) is 9.81. The Morgan fingerprint density at radius 3 is 2.50 bits per heavy atom. The van der Waals surface area contributed by atoms with Crippen LogP contribution in [0.1, 0.15) is 15.9 Å². The van der Waals surface area contributed by atoms with Gasteiger partial charge in [-0.2, -0.15) is 0 Å². The molecule has 1 aromatic heterocycles. The molecule has 0 aliphatic rings. The molecule has 1 amide bonds. The van der Waals surface area contributed by atoms with Crippen LogP contribution in [0.25, 0.3) is 10.2 Å². The van der Waals surface area contributed by atoms with Gasteiger partial charge in [0.25, 0.3) is 21.6 Å². The van der Waals surface area contributed by atoms with Gasteiger partial charge in [0.2, 0.25) is 0 Å². The molecular weight excluding hydrogens is 480 g/mol. The van der Waals surface area contributed by atoms with Crippen molar-refractivity contribution in [3.8, 4) is 5.75 Å². The molecule has 0 saturated carbocycles. The molecule has 0 aliphatic carbocycles. The van der Waals surface area contributed by atoms with Crippen molar-refractivity contribution >= 4 is 54.0 Å². The number of para-hydroxylation sites is 1. The summed E-state index contributed by atoms with van der Waals surface area (Å²) in [7, 11) is -2.56. The van der Waals surface area contributed by atoms with Gasteiger partial charge in [-0.1, -0.05) is 41.2 Å². The Morgan fingerprint density at radius 1 is 1.12 bits per heavy atom. The third kappa shape index (κ3) is 4.67. The van der Waals surface area contributed by atoms with E-state index in [1.165, 1.54) is 43.5 Å². The second-order valence-corrected chi connectivity index (χ2v) is 9.90. The van der Waals surface area contributed by atoms with E-state index in [1.54, 1.807) is 24.3 Å². The monoisotopic (exact) mass is 498 g/mol. The average Bonchev–Trinajstić information content (AvgIpc) is 3.21. The van der Waals surface area contributed by atoms with Crippen LogP contribution in [-0.2, 0) is 10.0 Å². The molecule has 0 aliphatic heterocycles. The minimum absolute atomic E-state index is 0.0631. The number of anilines is 2. The number of carbonyl (C=O) groups excluding carboxylic acids is 1. The second-order valence-electron chi connectivity index (χ2n) is 7.19. The molecule has 0 unspecified atom stereocenters. The van der Waals surface area contributed by atoms with Crippen LogP contribution in [0.5, 0.6) is 5.75 Å². The van der Waals surface area contributed by atoms with Crippen molar-refractivity contribution in [3.63, 3.8) is 0 Å². The number of amides is 1. The molecule has 10 nitrogen and oxygen atoms in total. The topological polar surface area (TPSA) is 141 Å². The number of benzene rings is 3. The van der Waals surface area contributed by atoms with E-state index < -0.39 is 20.9 Å². The number of aromatic nitrogens is 1. The molecule has 1 heterocycles. The van der Waals surface area contributed by atoms with Crippen molar-refractivity contribution in [2.24, 2.45) is 0 Å². The third-order valence-electron chi connectivity index (χ3n) is 4.84. The van der Waals surface area contributed by atoms with Crippen molar-refractivity contribution in [1.82, 2.24) is 4.98 Å². The molecule has 4 rings (SSSR count). The highest BCUT2D eigenvalue weighted by Crippen LogP contribution is 2.36. The number of sulfonamides is 1. The lowest BCUT2D eigenvalue weighted by Crippen LogP contribution is -2.18. The van der Waals surface area contributed by atoms with E-state index in [0.717, 1.165) is 16.9 Å². The molecule has 0 atom stereocenters. The largest absolute Gasteiger partial charge is 0.494 e. The van der Waals surface area contributed by atoms with Gasteiger partial charge in [-0.15, -0.1) is 0 Å². The smallest absolute Gasteiger partial charge is 0.274 e. The predicted octanol–water partition coefficient (Wildman–Crippen LogP) is 4.57. The predicted molar refractivity (Wildman–Crippen MR) is 129 cm³/mol. The number of carbonyl (C=O) groups is 1. The molecule has 0 bridgehead atoms. The number of methoxy groups -OCH3 is 1. The normalized spacial score (nSPS) is 11.2. The number of non-ortho nitro benzene ring substituents is 1. The fourth-order valence-corrected chi connectivity index (χ4v) is 5.15. The van der Waals surface area contributed by atoms with Gasteiger partial charge in [0.1, 0.15) is 5.52 Å². The third-order valence-corrected chi connectivity index (χ3v) is 7.14. The maximum absolute atomic E-state index is 13.0. The number of nitro benzene ring substituents is 1. The average molecular weight is 499 g/mol. The van der Waals surface area contributed by atoms with Crippen molar-refractivity contribution < 1.29 is 22.9 Å². The van der Waals surface area contributed by atoms with Gasteiger partial charge in [-0.3, -0.25) is 24.9 Å². The number of thiazole rings is 1. The standard InChI is InChI=1S/C22H18N4O6S2/c1-13-7-9-15(10-8-13)34(30,31)25-17-6-4-3-5-16(17)21(27)24-22-23-20-18(32-2)11-14(26(28)29)12-19(20)33-22/h3-12,25H,1-2H3,(H,23,24,27). The minimum Gasteiger partial charge on any atom is -0.494 e. The van der Waals surface area contributed by atoms with Crippen LogP contribution in [0.3, 0.4) is 0 Å². The van der Waals surface area contributed by atoms with Crippen molar-refractivity contribution in [3.05, 3.63) is 81.9 Å². The summed E-state index contributed by atoms with van der Waals surface area (Å²) in [5.41, 5.74) is 1.28. The number of rotatable bonds is 7. The van der Waals surface area contributed by atoms with Gasteiger partial charge in [0.05, 0.1) is 38.9 Å². The van der Waals surface area contributed by atoms with E-state index >= 15 is 0 Å².